The van der Waals surface area contributed by atoms with Gasteiger partial charge in [-0.15, -0.1) is 0 Å². The molecule has 0 unspecified atom stereocenters. The Hall–Kier alpha value is -2.57. The van der Waals surface area contributed by atoms with Crippen LogP contribution in [-0.2, 0) is 16.1 Å². The van der Waals surface area contributed by atoms with Crippen LogP contribution in [0.15, 0.2) is 30.3 Å². The van der Waals surface area contributed by atoms with Gasteiger partial charge in [-0.2, -0.15) is 0 Å². The molecule has 4 amide bonds. The maximum atomic E-state index is 13.0. The van der Waals surface area contributed by atoms with Gasteiger partial charge in [0.2, 0.25) is 11.8 Å². The normalized spacial score (nSPS) is 25.4. The first kappa shape index (κ1) is 19.7. The molecule has 0 bridgehead atoms. The maximum absolute atomic E-state index is 13.0. The largest absolute Gasteiger partial charge is 0.342 e. The average molecular weight is 399 g/mol. The molecule has 3 fully saturated rings. The van der Waals surface area contributed by atoms with Crippen molar-refractivity contribution < 1.29 is 14.4 Å². The van der Waals surface area contributed by atoms with E-state index in [1.165, 1.54) is 19.3 Å². The highest BCUT2D eigenvalue weighted by molar-refractivity contribution is 5.97. The number of nitrogens with one attached hydrogen (secondary N) is 2. The summed E-state index contributed by atoms with van der Waals surface area (Å²) >= 11 is 0. The highest BCUT2D eigenvalue weighted by Crippen LogP contribution is 2.29. The lowest BCUT2D eigenvalue weighted by atomic mass is 9.84. The molecule has 3 aliphatic rings. The van der Waals surface area contributed by atoms with Crippen LogP contribution >= 0.6 is 0 Å². The van der Waals surface area contributed by atoms with Gasteiger partial charge in [0.25, 0.3) is 0 Å². The summed E-state index contributed by atoms with van der Waals surface area (Å²) in [5, 5.41) is 5.85. The molecule has 2 heterocycles. The molecule has 2 atom stereocenters. The van der Waals surface area contributed by atoms with E-state index < -0.39 is 12.1 Å². The lowest BCUT2D eigenvalue weighted by molar-refractivity contribution is -0.152. The van der Waals surface area contributed by atoms with Crippen molar-refractivity contribution in [3.05, 3.63) is 35.9 Å². The van der Waals surface area contributed by atoms with Gasteiger partial charge >= 0.3 is 6.03 Å². The Kier molecular flexibility index (Phi) is 6.02. The number of urea groups is 1. The molecule has 0 radical (unpaired) electrons. The number of carbonyl (C=O) groups excluding carboxylic acids is 3. The predicted octanol–water partition coefficient (Wildman–Crippen LogP) is 1.88. The number of amides is 4. The van der Waals surface area contributed by atoms with Gasteiger partial charge in [-0.25, -0.2) is 4.79 Å². The highest BCUT2D eigenvalue weighted by atomic mass is 16.2. The van der Waals surface area contributed by atoms with Crippen LogP contribution in [0.4, 0.5) is 4.79 Å². The number of piperazine rings is 2. The van der Waals surface area contributed by atoms with Gasteiger partial charge in [0.05, 0.1) is 6.54 Å². The third kappa shape index (κ3) is 4.54. The van der Waals surface area contributed by atoms with Gasteiger partial charge in [-0.05, 0) is 17.9 Å². The maximum Gasteiger partial charge on any atom is 0.317 e. The molecule has 4 rings (SSSR count). The minimum Gasteiger partial charge on any atom is -0.342 e. The quantitative estimate of drug-likeness (QED) is 0.813. The van der Waals surface area contributed by atoms with Crippen LogP contribution in [0.5, 0.6) is 0 Å². The zero-order valence-corrected chi connectivity index (χ0v) is 16.8. The van der Waals surface area contributed by atoms with Crippen LogP contribution in [0, 0.1) is 5.92 Å². The van der Waals surface area contributed by atoms with Crippen molar-refractivity contribution in [1.82, 2.24) is 20.4 Å². The van der Waals surface area contributed by atoms with Crippen molar-refractivity contribution >= 4 is 17.8 Å². The molecular formula is C22H30N4O3. The second kappa shape index (κ2) is 8.84. The first-order chi connectivity index (χ1) is 14.1. The smallest absolute Gasteiger partial charge is 0.317 e. The summed E-state index contributed by atoms with van der Waals surface area (Å²) in [5.74, 6) is 0.412. The van der Waals surface area contributed by atoms with Gasteiger partial charge in [0.1, 0.15) is 12.1 Å². The van der Waals surface area contributed by atoms with E-state index in [2.05, 4.69) is 10.6 Å². The number of hydrogen-bond acceptors (Lipinski definition) is 3. The first-order valence-corrected chi connectivity index (χ1v) is 10.8. The van der Waals surface area contributed by atoms with Crippen molar-refractivity contribution in [1.29, 1.82) is 0 Å². The fourth-order valence-corrected chi connectivity index (χ4v) is 4.79. The zero-order chi connectivity index (χ0) is 20.2. The summed E-state index contributed by atoms with van der Waals surface area (Å²) in [7, 11) is 0. The standard InChI is InChI=1S/C22H30N4O3/c27-20-19-15-25(22(29)23-14-17-9-5-2-6-10-17)11-12-26(19)21(28)18(24-20)13-16-7-3-1-4-8-16/h2,5-6,9-10,16,18-19H,1,3-4,7-8,11-15H2,(H,23,29)(H,24,27)/t18-,19+/m0/s1. The van der Waals surface area contributed by atoms with Crippen LogP contribution in [0.2, 0.25) is 0 Å². The number of carbonyl (C=O) groups is 3. The lowest BCUT2D eigenvalue weighted by Gasteiger charge is -2.45. The molecule has 1 aliphatic carbocycles. The minimum absolute atomic E-state index is 0.0181. The summed E-state index contributed by atoms with van der Waals surface area (Å²) in [6.07, 6.45) is 6.77. The zero-order valence-electron chi connectivity index (χ0n) is 16.8. The Bertz CT molecular complexity index is 748. The van der Waals surface area contributed by atoms with Crippen molar-refractivity contribution in [2.24, 2.45) is 5.92 Å². The van der Waals surface area contributed by atoms with Gasteiger partial charge in [0, 0.05) is 19.6 Å². The molecule has 1 saturated carbocycles. The Labute approximate surface area is 171 Å². The van der Waals surface area contributed by atoms with Crippen LogP contribution in [-0.4, -0.2) is 59.4 Å². The van der Waals surface area contributed by atoms with E-state index in [0.29, 0.717) is 25.6 Å². The molecule has 0 spiro atoms. The number of fused-ring (bicyclic) bond motifs is 1. The molecule has 1 aromatic carbocycles. The van der Waals surface area contributed by atoms with Crippen molar-refractivity contribution in [3.63, 3.8) is 0 Å². The topological polar surface area (TPSA) is 81.8 Å². The molecule has 29 heavy (non-hydrogen) atoms. The van der Waals surface area contributed by atoms with E-state index in [1.54, 1.807) is 9.80 Å². The number of benzene rings is 1. The molecule has 156 valence electrons. The Morgan fingerprint density at radius 1 is 1.07 bits per heavy atom. The second-order valence-corrected chi connectivity index (χ2v) is 8.44. The van der Waals surface area contributed by atoms with Gasteiger partial charge in [-0.3, -0.25) is 9.59 Å². The van der Waals surface area contributed by atoms with Crippen molar-refractivity contribution in [2.75, 3.05) is 19.6 Å². The number of nitrogens with zero attached hydrogens (tertiary/aromatic N) is 2. The Morgan fingerprint density at radius 3 is 2.59 bits per heavy atom. The van der Waals surface area contributed by atoms with E-state index in [4.69, 9.17) is 0 Å². The molecule has 1 aromatic rings. The third-order valence-electron chi connectivity index (χ3n) is 6.45. The summed E-state index contributed by atoms with van der Waals surface area (Å²) in [5.41, 5.74) is 1.02. The summed E-state index contributed by atoms with van der Waals surface area (Å²) in [6, 6.07) is 8.53. The summed E-state index contributed by atoms with van der Waals surface area (Å²) in [6.45, 7) is 1.55. The van der Waals surface area contributed by atoms with Crippen LogP contribution in [0.25, 0.3) is 0 Å². The fraction of sp³-hybridized carbons (Fsp3) is 0.591. The Balaban J connectivity index is 1.32. The molecule has 7 nitrogen and oxygen atoms in total. The lowest BCUT2D eigenvalue weighted by Crippen LogP contribution is -2.70. The van der Waals surface area contributed by atoms with Crippen LogP contribution in [0.1, 0.15) is 44.1 Å². The molecule has 2 aliphatic heterocycles. The first-order valence-electron chi connectivity index (χ1n) is 10.8. The molecule has 2 saturated heterocycles. The molecule has 0 aromatic heterocycles. The number of hydrogen-bond donors (Lipinski definition) is 2. The van der Waals surface area contributed by atoms with E-state index in [1.807, 2.05) is 30.3 Å². The van der Waals surface area contributed by atoms with Gasteiger partial charge in [-0.1, -0.05) is 62.4 Å². The van der Waals surface area contributed by atoms with Crippen molar-refractivity contribution in [3.8, 4) is 0 Å². The molecule has 2 N–H and O–H groups in total. The average Bonchev–Trinajstić information content (AvgIpc) is 2.77. The fourth-order valence-electron chi connectivity index (χ4n) is 4.79. The predicted molar refractivity (Wildman–Crippen MR) is 109 cm³/mol. The third-order valence-corrected chi connectivity index (χ3v) is 6.45. The van der Waals surface area contributed by atoms with Crippen molar-refractivity contribution in [2.45, 2.75) is 57.2 Å². The summed E-state index contributed by atoms with van der Waals surface area (Å²) < 4.78 is 0. The summed E-state index contributed by atoms with van der Waals surface area (Å²) in [4.78, 5) is 41.5. The minimum atomic E-state index is -0.582. The van der Waals surface area contributed by atoms with Gasteiger partial charge in [0.15, 0.2) is 0 Å². The van der Waals surface area contributed by atoms with Crippen LogP contribution in [0.3, 0.4) is 0 Å². The molecular weight excluding hydrogens is 368 g/mol. The Morgan fingerprint density at radius 2 is 1.83 bits per heavy atom. The van der Waals surface area contributed by atoms with E-state index in [9.17, 15) is 14.4 Å². The van der Waals surface area contributed by atoms with E-state index >= 15 is 0 Å². The molecule has 7 heteroatoms. The monoisotopic (exact) mass is 398 g/mol. The van der Waals surface area contributed by atoms with E-state index in [-0.39, 0.29) is 24.4 Å². The highest BCUT2D eigenvalue weighted by Gasteiger charge is 2.44. The SMILES string of the molecule is O=C1N[C@@H](CC2CCCCC2)C(=O)N2CCN(C(=O)NCc3ccccc3)C[C@H]12. The number of rotatable bonds is 4. The second-order valence-electron chi connectivity index (χ2n) is 8.44. The van der Waals surface area contributed by atoms with Gasteiger partial charge < -0.3 is 20.4 Å². The van der Waals surface area contributed by atoms with Crippen LogP contribution < -0.4 is 10.6 Å². The van der Waals surface area contributed by atoms with E-state index in [0.717, 1.165) is 24.8 Å².